The molecule has 0 bridgehead atoms. The Morgan fingerprint density at radius 1 is 1.12 bits per heavy atom. The van der Waals surface area contributed by atoms with Crippen LogP contribution in [0.15, 0.2) is 24.3 Å². The molecule has 5 nitrogen and oxygen atoms in total. The zero-order valence-electron chi connectivity index (χ0n) is 14.4. The van der Waals surface area contributed by atoms with Crippen LogP contribution in [0.25, 0.3) is 0 Å². The third-order valence-corrected chi connectivity index (χ3v) is 5.03. The normalized spacial score (nSPS) is 21.6. The van der Waals surface area contributed by atoms with Gasteiger partial charge in [0.2, 0.25) is 11.8 Å². The van der Waals surface area contributed by atoms with E-state index in [2.05, 4.69) is 0 Å². The van der Waals surface area contributed by atoms with Crippen molar-refractivity contribution >= 4 is 11.8 Å². The van der Waals surface area contributed by atoms with Crippen molar-refractivity contribution in [2.24, 2.45) is 0 Å². The highest BCUT2D eigenvalue weighted by atomic mass is 16.5. The Hall–Kier alpha value is -1.88. The van der Waals surface area contributed by atoms with Crippen molar-refractivity contribution in [2.45, 2.75) is 38.6 Å². The van der Waals surface area contributed by atoms with Gasteiger partial charge in [-0.05, 0) is 37.3 Å². The first-order valence-electron chi connectivity index (χ1n) is 8.87. The molecular formula is C19H26N2O3. The van der Waals surface area contributed by atoms with Crippen molar-refractivity contribution in [1.29, 1.82) is 0 Å². The lowest BCUT2D eigenvalue weighted by Gasteiger charge is -2.39. The van der Waals surface area contributed by atoms with Gasteiger partial charge < -0.3 is 14.5 Å². The van der Waals surface area contributed by atoms with E-state index in [1.807, 2.05) is 41.0 Å². The van der Waals surface area contributed by atoms with E-state index in [1.165, 1.54) is 0 Å². The molecule has 0 aliphatic carbocycles. The predicted octanol–water partition coefficient (Wildman–Crippen LogP) is 1.78. The molecule has 24 heavy (non-hydrogen) atoms. The van der Waals surface area contributed by atoms with Gasteiger partial charge in [0.05, 0.1) is 19.6 Å². The monoisotopic (exact) mass is 330 g/mol. The van der Waals surface area contributed by atoms with Crippen molar-refractivity contribution in [3.63, 3.8) is 0 Å². The van der Waals surface area contributed by atoms with Crippen molar-refractivity contribution in [1.82, 2.24) is 9.80 Å². The molecule has 0 spiro atoms. The van der Waals surface area contributed by atoms with E-state index in [-0.39, 0.29) is 17.9 Å². The minimum absolute atomic E-state index is 0.0654. The summed E-state index contributed by atoms with van der Waals surface area (Å²) in [5.74, 6) is 0.159. The largest absolute Gasteiger partial charge is 0.378 e. The van der Waals surface area contributed by atoms with Crippen LogP contribution in [0.2, 0.25) is 0 Å². The second-order valence-corrected chi connectivity index (χ2v) is 6.64. The summed E-state index contributed by atoms with van der Waals surface area (Å²) in [5.41, 5.74) is 2.17. The summed E-state index contributed by atoms with van der Waals surface area (Å²) < 4.78 is 5.33. The van der Waals surface area contributed by atoms with E-state index in [0.29, 0.717) is 39.3 Å². The maximum Gasteiger partial charge on any atom is 0.245 e. The lowest BCUT2D eigenvalue weighted by atomic mass is 9.98. The molecule has 1 atom stereocenters. The molecular weight excluding hydrogens is 304 g/mol. The van der Waals surface area contributed by atoms with Crippen LogP contribution in [-0.4, -0.2) is 60.5 Å². The third kappa shape index (κ3) is 3.78. The molecule has 1 aromatic rings. The van der Waals surface area contributed by atoms with Crippen molar-refractivity contribution in [3.8, 4) is 0 Å². The Morgan fingerprint density at radius 3 is 2.62 bits per heavy atom. The molecule has 0 unspecified atom stereocenters. The fourth-order valence-corrected chi connectivity index (χ4v) is 3.55. The number of hydrogen-bond donors (Lipinski definition) is 0. The van der Waals surface area contributed by atoms with E-state index in [0.717, 1.165) is 30.4 Å². The van der Waals surface area contributed by atoms with Crippen LogP contribution in [0.3, 0.4) is 0 Å². The number of amides is 2. The number of carbonyl (C=O) groups is 2. The number of ether oxygens (including phenoxy) is 1. The summed E-state index contributed by atoms with van der Waals surface area (Å²) in [6.07, 6.45) is 3.14. The smallest absolute Gasteiger partial charge is 0.245 e. The first-order valence-corrected chi connectivity index (χ1v) is 8.87. The average molecular weight is 330 g/mol. The van der Waals surface area contributed by atoms with Gasteiger partial charge in [-0.25, -0.2) is 0 Å². The van der Waals surface area contributed by atoms with Crippen LogP contribution in [0.4, 0.5) is 0 Å². The van der Waals surface area contributed by atoms with Crippen LogP contribution < -0.4 is 0 Å². The highest BCUT2D eigenvalue weighted by Gasteiger charge is 2.35. The van der Waals surface area contributed by atoms with E-state index in [1.54, 1.807) is 0 Å². The van der Waals surface area contributed by atoms with Crippen LogP contribution in [0.1, 0.15) is 30.4 Å². The van der Waals surface area contributed by atoms with Gasteiger partial charge in [0.25, 0.3) is 0 Å². The number of morpholine rings is 1. The molecule has 2 aliphatic rings. The van der Waals surface area contributed by atoms with Crippen molar-refractivity contribution < 1.29 is 14.3 Å². The highest BCUT2D eigenvalue weighted by molar-refractivity contribution is 5.89. The van der Waals surface area contributed by atoms with Gasteiger partial charge in [-0.3, -0.25) is 9.59 Å². The number of aryl methyl sites for hydroxylation is 1. The number of piperidine rings is 1. The molecule has 0 aromatic heterocycles. The fraction of sp³-hybridized carbons (Fsp3) is 0.579. The maximum atomic E-state index is 12.9. The Kier molecular flexibility index (Phi) is 5.51. The second-order valence-electron chi connectivity index (χ2n) is 6.64. The molecule has 2 saturated heterocycles. The standard InChI is InChI=1S/C19H26N2O3/c1-15-6-2-3-7-16(15)14-18(22)21-9-5-4-8-17(21)19(23)20-10-12-24-13-11-20/h2-3,6-7,17H,4-5,8-14H2,1H3/t17-/m0/s1. The lowest BCUT2D eigenvalue weighted by Crippen LogP contribution is -2.55. The molecule has 2 heterocycles. The number of benzene rings is 1. The molecule has 0 radical (unpaired) electrons. The number of carbonyl (C=O) groups excluding carboxylic acids is 2. The minimum atomic E-state index is -0.298. The SMILES string of the molecule is Cc1ccccc1CC(=O)N1CCCC[C@H]1C(=O)N1CCOCC1. The number of rotatable bonds is 3. The molecule has 3 rings (SSSR count). The molecule has 0 N–H and O–H groups in total. The summed E-state index contributed by atoms with van der Waals surface area (Å²) >= 11 is 0. The summed E-state index contributed by atoms with van der Waals surface area (Å²) in [6.45, 7) is 5.16. The Morgan fingerprint density at radius 2 is 1.88 bits per heavy atom. The van der Waals surface area contributed by atoms with Crippen LogP contribution in [0, 0.1) is 6.92 Å². The van der Waals surface area contributed by atoms with Crippen LogP contribution in [-0.2, 0) is 20.7 Å². The van der Waals surface area contributed by atoms with Gasteiger partial charge >= 0.3 is 0 Å². The maximum absolute atomic E-state index is 12.9. The molecule has 2 amide bonds. The van der Waals surface area contributed by atoms with Gasteiger partial charge in [0.15, 0.2) is 0 Å². The Balaban J connectivity index is 1.70. The Bertz CT molecular complexity index is 596. The van der Waals surface area contributed by atoms with Gasteiger partial charge in [0, 0.05) is 19.6 Å². The van der Waals surface area contributed by atoms with E-state index >= 15 is 0 Å². The molecule has 2 fully saturated rings. The zero-order valence-corrected chi connectivity index (χ0v) is 14.4. The van der Waals surface area contributed by atoms with Crippen molar-refractivity contribution in [2.75, 3.05) is 32.8 Å². The lowest BCUT2D eigenvalue weighted by molar-refractivity contribution is -0.149. The van der Waals surface area contributed by atoms with E-state index in [4.69, 9.17) is 4.74 Å². The topological polar surface area (TPSA) is 49.9 Å². The van der Waals surface area contributed by atoms with Gasteiger partial charge in [-0.15, -0.1) is 0 Å². The fourth-order valence-electron chi connectivity index (χ4n) is 3.55. The predicted molar refractivity (Wildman–Crippen MR) is 91.6 cm³/mol. The van der Waals surface area contributed by atoms with Gasteiger partial charge in [-0.2, -0.15) is 0 Å². The average Bonchev–Trinajstić information content (AvgIpc) is 2.63. The summed E-state index contributed by atoms with van der Waals surface area (Å²) in [5, 5.41) is 0. The first kappa shape index (κ1) is 17.0. The molecule has 1 aromatic carbocycles. The second kappa shape index (κ2) is 7.79. The minimum Gasteiger partial charge on any atom is -0.378 e. The summed E-state index contributed by atoms with van der Waals surface area (Å²) in [7, 11) is 0. The number of hydrogen-bond acceptors (Lipinski definition) is 3. The highest BCUT2D eigenvalue weighted by Crippen LogP contribution is 2.21. The number of likely N-dealkylation sites (tertiary alicyclic amines) is 1. The number of nitrogens with zero attached hydrogens (tertiary/aromatic N) is 2. The molecule has 130 valence electrons. The first-order chi connectivity index (χ1) is 11.7. The van der Waals surface area contributed by atoms with E-state index < -0.39 is 0 Å². The van der Waals surface area contributed by atoms with Crippen LogP contribution >= 0.6 is 0 Å². The summed E-state index contributed by atoms with van der Waals surface area (Å²) in [4.78, 5) is 29.4. The quantitative estimate of drug-likeness (QED) is 0.849. The summed E-state index contributed by atoms with van der Waals surface area (Å²) in [6, 6.07) is 7.66. The third-order valence-electron chi connectivity index (χ3n) is 5.03. The van der Waals surface area contributed by atoms with E-state index in [9.17, 15) is 9.59 Å². The molecule has 2 aliphatic heterocycles. The van der Waals surface area contributed by atoms with Crippen LogP contribution in [0.5, 0.6) is 0 Å². The Labute approximate surface area is 143 Å². The van der Waals surface area contributed by atoms with Gasteiger partial charge in [-0.1, -0.05) is 24.3 Å². The van der Waals surface area contributed by atoms with Crippen molar-refractivity contribution in [3.05, 3.63) is 35.4 Å². The van der Waals surface area contributed by atoms with Gasteiger partial charge in [0.1, 0.15) is 6.04 Å². The molecule has 0 saturated carbocycles. The zero-order chi connectivity index (χ0) is 16.9. The molecule has 5 heteroatoms.